The number of hydrogen-bond donors (Lipinski definition) is 2. The molecular formula is C23H16ClN3O4. The smallest absolute Gasteiger partial charge is 0.409 e. The average molecular weight is 434 g/mol. The first-order chi connectivity index (χ1) is 14.9. The topological polar surface area (TPSA) is 101 Å². The van der Waals surface area contributed by atoms with E-state index in [1.54, 1.807) is 30.5 Å². The van der Waals surface area contributed by atoms with Crippen molar-refractivity contribution in [2.75, 3.05) is 5.32 Å². The number of halogens is 1. The number of ketones is 2. The molecular weight excluding hydrogens is 418 g/mol. The van der Waals surface area contributed by atoms with Gasteiger partial charge in [-0.1, -0.05) is 41.9 Å². The second-order valence-electron chi connectivity index (χ2n) is 6.83. The van der Waals surface area contributed by atoms with E-state index in [0.717, 1.165) is 11.1 Å². The molecule has 1 amide bonds. The molecule has 0 bridgehead atoms. The lowest BCUT2D eigenvalue weighted by molar-refractivity contribution is 0.0815. The third-order valence-electron chi connectivity index (χ3n) is 4.75. The summed E-state index contributed by atoms with van der Waals surface area (Å²) in [6, 6.07) is 17.3. The quantitative estimate of drug-likeness (QED) is 0.333. The Hall–Kier alpha value is -3.97. The Bertz CT molecular complexity index is 1310. The maximum Gasteiger partial charge on any atom is 0.409 e. The number of anilines is 1. The second kappa shape index (κ2) is 8.41. The zero-order chi connectivity index (χ0) is 22.0. The van der Waals surface area contributed by atoms with Crippen molar-refractivity contribution in [3.8, 4) is 0 Å². The minimum Gasteiger partial charge on any atom is -0.465 e. The Morgan fingerprint density at radius 3 is 2.48 bits per heavy atom. The molecule has 154 valence electrons. The summed E-state index contributed by atoms with van der Waals surface area (Å²) < 4.78 is 1.90. The van der Waals surface area contributed by atoms with Gasteiger partial charge in [-0.3, -0.25) is 19.9 Å². The summed E-state index contributed by atoms with van der Waals surface area (Å²) in [6.07, 6.45) is 1.65. The molecule has 0 aliphatic heterocycles. The summed E-state index contributed by atoms with van der Waals surface area (Å²) in [7, 11) is 0. The summed E-state index contributed by atoms with van der Waals surface area (Å²) in [4.78, 5) is 40.6. The highest BCUT2D eigenvalue weighted by molar-refractivity contribution is 6.50. The molecule has 0 aliphatic rings. The van der Waals surface area contributed by atoms with Gasteiger partial charge in [-0.05, 0) is 35.9 Å². The zero-order valence-electron chi connectivity index (χ0n) is 16.1. The fourth-order valence-corrected chi connectivity index (χ4v) is 3.47. The van der Waals surface area contributed by atoms with Crippen LogP contribution >= 0.6 is 11.6 Å². The van der Waals surface area contributed by atoms with Gasteiger partial charge in [0.15, 0.2) is 0 Å². The summed E-state index contributed by atoms with van der Waals surface area (Å²) in [5.74, 6) is -1.53. The Morgan fingerprint density at radius 1 is 1.00 bits per heavy atom. The highest BCUT2D eigenvalue weighted by Crippen LogP contribution is 2.24. The predicted molar refractivity (Wildman–Crippen MR) is 117 cm³/mol. The highest BCUT2D eigenvalue weighted by Gasteiger charge is 2.24. The summed E-state index contributed by atoms with van der Waals surface area (Å²) in [5.41, 5.74) is 2.08. The molecule has 0 saturated heterocycles. The molecule has 2 aromatic carbocycles. The van der Waals surface area contributed by atoms with Crippen LogP contribution in [0.15, 0.2) is 73.1 Å². The minimum atomic E-state index is -1.28. The van der Waals surface area contributed by atoms with Crippen LogP contribution in [-0.2, 0) is 6.54 Å². The Labute approximate surface area is 181 Å². The van der Waals surface area contributed by atoms with Crippen LogP contribution in [0.5, 0.6) is 0 Å². The fraction of sp³-hybridized carbons (Fsp3) is 0.0435. The summed E-state index contributed by atoms with van der Waals surface area (Å²) in [6.45, 7) is 0.495. The molecule has 2 aromatic heterocycles. The van der Waals surface area contributed by atoms with Gasteiger partial charge in [0.2, 0.25) is 5.78 Å². The van der Waals surface area contributed by atoms with E-state index in [9.17, 15) is 14.4 Å². The number of aromatic nitrogens is 2. The maximum absolute atomic E-state index is 13.0. The van der Waals surface area contributed by atoms with E-state index in [0.29, 0.717) is 17.0 Å². The Morgan fingerprint density at radius 2 is 1.74 bits per heavy atom. The van der Waals surface area contributed by atoms with Crippen molar-refractivity contribution in [3.05, 3.63) is 94.9 Å². The summed E-state index contributed by atoms with van der Waals surface area (Å²) in [5, 5.41) is 12.3. The number of fused-ring (bicyclic) bond motifs is 1. The van der Waals surface area contributed by atoms with Gasteiger partial charge in [0, 0.05) is 40.6 Å². The SMILES string of the molecule is O=C(O)Nc1ccnc(C(=O)C(=O)c2cn(Cc3ccc(Cl)cc3)c3ccccc23)c1. The van der Waals surface area contributed by atoms with Crippen molar-refractivity contribution in [1.29, 1.82) is 0 Å². The average Bonchev–Trinajstić information content (AvgIpc) is 3.12. The number of amides is 1. The summed E-state index contributed by atoms with van der Waals surface area (Å²) >= 11 is 5.96. The van der Waals surface area contributed by atoms with Gasteiger partial charge in [0.1, 0.15) is 5.69 Å². The Balaban J connectivity index is 1.69. The van der Waals surface area contributed by atoms with Crippen LogP contribution in [0.2, 0.25) is 5.02 Å². The van der Waals surface area contributed by atoms with E-state index in [-0.39, 0.29) is 16.9 Å². The number of carbonyl (C=O) groups excluding carboxylic acids is 2. The normalized spacial score (nSPS) is 10.7. The van der Waals surface area contributed by atoms with Crippen LogP contribution in [0.4, 0.5) is 10.5 Å². The third-order valence-corrected chi connectivity index (χ3v) is 5.00. The van der Waals surface area contributed by atoms with Crippen LogP contribution in [0, 0.1) is 0 Å². The van der Waals surface area contributed by atoms with E-state index >= 15 is 0 Å². The first-order valence-electron chi connectivity index (χ1n) is 9.30. The van der Waals surface area contributed by atoms with Gasteiger partial charge in [-0.2, -0.15) is 0 Å². The minimum absolute atomic E-state index is 0.134. The van der Waals surface area contributed by atoms with Crippen LogP contribution in [0.1, 0.15) is 26.4 Å². The van der Waals surface area contributed by atoms with E-state index < -0.39 is 17.7 Å². The van der Waals surface area contributed by atoms with Crippen molar-refractivity contribution in [2.45, 2.75) is 6.54 Å². The Kier molecular flexibility index (Phi) is 5.51. The van der Waals surface area contributed by atoms with E-state index in [1.807, 2.05) is 28.8 Å². The number of pyridine rings is 1. The molecule has 7 nitrogen and oxygen atoms in total. The molecule has 2 heterocycles. The van der Waals surface area contributed by atoms with Gasteiger partial charge in [0.05, 0.1) is 5.56 Å². The van der Waals surface area contributed by atoms with E-state index in [1.165, 1.54) is 18.3 Å². The first-order valence-corrected chi connectivity index (χ1v) is 9.67. The standard InChI is InChI=1S/C23H16ClN3O4/c24-15-7-5-14(6-8-15)12-27-13-18(17-3-1-2-4-20(17)27)21(28)22(29)19-11-16(9-10-25-19)26-23(30)31/h1-11,13H,12H2,(H,25,26)(H,30,31). The lowest BCUT2D eigenvalue weighted by Gasteiger charge is -2.05. The molecule has 0 radical (unpaired) electrons. The van der Waals surface area contributed by atoms with Crippen molar-refractivity contribution in [1.82, 2.24) is 9.55 Å². The molecule has 0 fully saturated rings. The van der Waals surface area contributed by atoms with Crippen molar-refractivity contribution in [2.24, 2.45) is 0 Å². The van der Waals surface area contributed by atoms with Crippen LogP contribution < -0.4 is 5.32 Å². The highest BCUT2D eigenvalue weighted by atomic mass is 35.5. The number of nitrogens with one attached hydrogen (secondary N) is 1. The largest absolute Gasteiger partial charge is 0.465 e. The van der Waals surface area contributed by atoms with Crippen LogP contribution in [0.25, 0.3) is 10.9 Å². The lowest BCUT2D eigenvalue weighted by atomic mass is 10.0. The number of hydrogen-bond acceptors (Lipinski definition) is 4. The molecule has 4 rings (SSSR count). The zero-order valence-corrected chi connectivity index (χ0v) is 16.8. The molecule has 0 aliphatic carbocycles. The van der Waals surface area contributed by atoms with E-state index in [2.05, 4.69) is 10.3 Å². The number of nitrogens with zero attached hydrogens (tertiary/aromatic N) is 2. The molecule has 4 aromatic rings. The predicted octanol–water partition coefficient (Wildman–Crippen LogP) is 4.89. The van der Waals surface area contributed by atoms with E-state index in [4.69, 9.17) is 16.7 Å². The van der Waals surface area contributed by atoms with Crippen molar-refractivity contribution >= 4 is 45.9 Å². The molecule has 0 unspecified atom stereocenters. The second-order valence-corrected chi connectivity index (χ2v) is 7.27. The number of carboxylic acid groups (broad SMARTS) is 1. The van der Waals surface area contributed by atoms with Gasteiger partial charge in [-0.25, -0.2) is 4.79 Å². The number of benzene rings is 2. The molecule has 8 heteroatoms. The third kappa shape index (κ3) is 4.31. The number of carbonyl (C=O) groups is 3. The molecule has 31 heavy (non-hydrogen) atoms. The maximum atomic E-state index is 13.0. The molecule has 0 atom stereocenters. The van der Waals surface area contributed by atoms with Gasteiger partial charge in [-0.15, -0.1) is 0 Å². The molecule has 0 spiro atoms. The number of Topliss-reactive ketones (excluding diaryl/α,β-unsaturated/α-hetero) is 2. The number of para-hydroxylation sites is 1. The van der Waals surface area contributed by atoms with Crippen LogP contribution in [-0.4, -0.2) is 32.3 Å². The lowest BCUT2D eigenvalue weighted by Crippen LogP contribution is -2.16. The molecule has 2 N–H and O–H groups in total. The van der Waals surface area contributed by atoms with Crippen molar-refractivity contribution < 1.29 is 19.5 Å². The van der Waals surface area contributed by atoms with Crippen LogP contribution in [0.3, 0.4) is 0 Å². The monoisotopic (exact) mass is 433 g/mol. The number of rotatable bonds is 6. The molecule has 0 saturated carbocycles. The van der Waals surface area contributed by atoms with Crippen molar-refractivity contribution in [3.63, 3.8) is 0 Å². The van der Waals surface area contributed by atoms with Gasteiger partial charge in [0.25, 0.3) is 5.78 Å². The fourth-order valence-electron chi connectivity index (χ4n) is 3.34. The first kappa shape index (κ1) is 20.3. The van der Waals surface area contributed by atoms with Gasteiger partial charge < -0.3 is 9.67 Å². The van der Waals surface area contributed by atoms with Gasteiger partial charge >= 0.3 is 6.09 Å².